The van der Waals surface area contributed by atoms with Crippen LogP contribution in [0.25, 0.3) is 5.53 Å². The maximum atomic E-state index is 12.2. The lowest BCUT2D eigenvalue weighted by molar-refractivity contribution is -0.119. The highest BCUT2D eigenvalue weighted by molar-refractivity contribution is 6.38. The van der Waals surface area contributed by atoms with Gasteiger partial charge >= 0.3 is 11.8 Å². The molecule has 1 amide bonds. The van der Waals surface area contributed by atoms with Crippen LogP contribution in [0.4, 0.5) is 4.79 Å². The second-order valence-electron chi connectivity index (χ2n) is 5.94. The molecular formula is C16H21N3O3. The number of rotatable bonds is 5. The van der Waals surface area contributed by atoms with Crippen molar-refractivity contribution in [2.75, 3.05) is 0 Å². The Morgan fingerprint density at radius 1 is 1.27 bits per heavy atom. The van der Waals surface area contributed by atoms with Gasteiger partial charge in [0.15, 0.2) is 0 Å². The molecule has 1 aromatic rings. The smallest absolute Gasteiger partial charge is 0.408 e. The number of nitrogens with one attached hydrogen (secondary N) is 1. The summed E-state index contributed by atoms with van der Waals surface area (Å²) in [7, 11) is 0. The molecule has 0 bridgehead atoms. The van der Waals surface area contributed by atoms with Gasteiger partial charge in [0.25, 0.3) is 5.78 Å². The van der Waals surface area contributed by atoms with Gasteiger partial charge in [-0.2, -0.15) is 4.79 Å². The molecule has 0 spiro atoms. The number of carbonyl (C=O) groups is 2. The average Bonchev–Trinajstić information content (AvgIpc) is 2.44. The van der Waals surface area contributed by atoms with E-state index in [1.54, 1.807) is 20.8 Å². The van der Waals surface area contributed by atoms with Crippen molar-refractivity contribution in [1.82, 2.24) is 5.32 Å². The zero-order chi connectivity index (χ0) is 16.8. The van der Waals surface area contributed by atoms with Crippen molar-refractivity contribution in [1.29, 1.82) is 0 Å². The van der Waals surface area contributed by atoms with Crippen LogP contribution in [0.15, 0.2) is 30.3 Å². The van der Waals surface area contributed by atoms with E-state index >= 15 is 0 Å². The average molecular weight is 303 g/mol. The van der Waals surface area contributed by atoms with Crippen molar-refractivity contribution >= 4 is 17.6 Å². The lowest BCUT2D eigenvalue weighted by Crippen LogP contribution is -2.46. The summed E-state index contributed by atoms with van der Waals surface area (Å²) in [6.07, 6.45) is -0.404. The largest absolute Gasteiger partial charge is 0.444 e. The van der Waals surface area contributed by atoms with Crippen molar-refractivity contribution in [2.24, 2.45) is 0 Å². The van der Waals surface area contributed by atoms with Crippen LogP contribution in [0.2, 0.25) is 0 Å². The molecule has 0 aliphatic heterocycles. The van der Waals surface area contributed by atoms with Crippen molar-refractivity contribution in [2.45, 2.75) is 45.8 Å². The predicted molar refractivity (Wildman–Crippen MR) is 82.6 cm³/mol. The van der Waals surface area contributed by atoms with Gasteiger partial charge in [-0.05, 0) is 26.3 Å². The molecule has 1 rings (SSSR count). The molecule has 1 aromatic carbocycles. The minimum atomic E-state index is -0.854. The Bertz CT molecular complexity index is 584. The molecule has 0 aliphatic rings. The Hall–Kier alpha value is -2.46. The fourth-order valence-electron chi connectivity index (χ4n) is 1.81. The van der Waals surface area contributed by atoms with Gasteiger partial charge in [0, 0.05) is 13.3 Å². The quantitative estimate of drug-likeness (QED) is 0.514. The summed E-state index contributed by atoms with van der Waals surface area (Å²) in [6.45, 7) is 6.60. The first-order valence-corrected chi connectivity index (χ1v) is 6.99. The summed E-state index contributed by atoms with van der Waals surface area (Å²) in [5, 5.41) is 2.53. The van der Waals surface area contributed by atoms with Crippen LogP contribution in [-0.2, 0) is 16.0 Å². The molecule has 0 heterocycles. The van der Waals surface area contributed by atoms with Gasteiger partial charge in [0.05, 0.1) is 0 Å². The third-order valence-electron chi connectivity index (χ3n) is 2.80. The SMILES string of the molecule is CC(=[N+]=[N-])C(=O)[C@H](Cc1ccccc1)NC(=O)OC(C)(C)C. The summed E-state index contributed by atoms with van der Waals surface area (Å²) in [5.41, 5.74) is 8.91. The molecule has 1 N–H and O–H groups in total. The van der Waals surface area contributed by atoms with Gasteiger partial charge < -0.3 is 15.6 Å². The number of ketones is 1. The van der Waals surface area contributed by atoms with E-state index in [1.807, 2.05) is 30.3 Å². The number of benzene rings is 1. The maximum Gasteiger partial charge on any atom is 0.408 e. The van der Waals surface area contributed by atoms with Crippen molar-refractivity contribution in [3.05, 3.63) is 41.4 Å². The van der Waals surface area contributed by atoms with Gasteiger partial charge in [-0.25, -0.2) is 4.79 Å². The normalized spacial score (nSPS) is 12.0. The van der Waals surface area contributed by atoms with Gasteiger partial charge in [-0.3, -0.25) is 4.79 Å². The van der Waals surface area contributed by atoms with Crippen LogP contribution in [0.1, 0.15) is 33.3 Å². The fourth-order valence-corrected chi connectivity index (χ4v) is 1.81. The lowest BCUT2D eigenvalue weighted by atomic mass is 10.0. The number of nitrogens with zero attached hydrogens (tertiary/aromatic N) is 2. The lowest BCUT2D eigenvalue weighted by Gasteiger charge is -2.22. The molecule has 0 fully saturated rings. The zero-order valence-corrected chi connectivity index (χ0v) is 13.3. The molecule has 0 aromatic heterocycles. The van der Waals surface area contributed by atoms with Gasteiger partial charge in [0.1, 0.15) is 11.6 Å². The molecule has 22 heavy (non-hydrogen) atoms. The van der Waals surface area contributed by atoms with Crippen LogP contribution < -0.4 is 5.32 Å². The number of alkyl carbamates (subject to hydrolysis) is 1. The fraction of sp³-hybridized carbons (Fsp3) is 0.438. The van der Waals surface area contributed by atoms with Gasteiger partial charge in [-0.15, -0.1) is 0 Å². The minimum absolute atomic E-state index is 0.0722. The number of ether oxygens (including phenoxy) is 1. The second-order valence-corrected chi connectivity index (χ2v) is 5.94. The number of hydrogen-bond donors (Lipinski definition) is 1. The topological polar surface area (TPSA) is 91.8 Å². The summed E-state index contributed by atoms with van der Waals surface area (Å²) in [5.74, 6) is -0.461. The molecule has 0 radical (unpaired) electrons. The molecular weight excluding hydrogens is 282 g/mol. The van der Waals surface area contributed by atoms with Crippen molar-refractivity contribution in [3.8, 4) is 0 Å². The first kappa shape index (κ1) is 17.6. The summed E-state index contributed by atoms with van der Waals surface area (Å²) >= 11 is 0. The van der Waals surface area contributed by atoms with E-state index in [1.165, 1.54) is 6.92 Å². The van der Waals surface area contributed by atoms with Gasteiger partial charge in [0.2, 0.25) is 0 Å². The highest BCUT2D eigenvalue weighted by atomic mass is 16.6. The van der Waals surface area contributed by atoms with E-state index in [2.05, 4.69) is 10.1 Å². The Morgan fingerprint density at radius 3 is 2.36 bits per heavy atom. The van der Waals surface area contributed by atoms with E-state index in [0.29, 0.717) is 0 Å². The third kappa shape index (κ3) is 5.89. The van der Waals surface area contributed by atoms with E-state index in [4.69, 9.17) is 10.3 Å². The Balaban J connectivity index is 2.89. The first-order valence-electron chi connectivity index (χ1n) is 6.99. The highest BCUT2D eigenvalue weighted by Gasteiger charge is 2.29. The van der Waals surface area contributed by atoms with Crippen molar-refractivity contribution in [3.63, 3.8) is 0 Å². The van der Waals surface area contributed by atoms with Crippen LogP contribution in [-0.4, -0.2) is 34.0 Å². The van der Waals surface area contributed by atoms with E-state index < -0.39 is 23.5 Å². The Morgan fingerprint density at radius 2 is 1.86 bits per heavy atom. The van der Waals surface area contributed by atoms with Crippen LogP contribution in [0.3, 0.4) is 0 Å². The molecule has 0 saturated heterocycles. The van der Waals surface area contributed by atoms with E-state index in [0.717, 1.165) is 5.56 Å². The third-order valence-corrected chi connectivity index (χ3v) is 2.80. The maximum absolute atomic E-state index is 12.2. The molecule has 1 atom stereocenters. The van der Waals surface area contributed by atoms with E-state index in [9.17, 15) is 9.59 Å². The number of hydrogen-bond acceptors (Lipinski definition) is 3. The minimum Gasteiger partial charge on any atom is -0.444 e. The Kier molecular flexibility index (Phi) is 6.01. The van der Waals surface area contributed by atoms with Crippen molar-refractivity contribution < 1.29 is 19.1 Å². The summed E-state index contributed by atoms with van der Waals surface area (Å²) in [6, 6.07) is 8.40. The Labute approximate surface area is 130 Å². The zero-order valence-electron chi connectivity index (χ0n) is 13.3. The molecule has 6 heteroatoms. The molecule has 118 valence electrons. The summed E-state index contributed by atoms with van der Waals surface area (Å²) in [4.78, 5) is 27.0. The van der Waals surface area contributed by atoms with Crippen LogP contribution in [0, 0.1) is 0 Å². The van der Waals surface area contributed by atoms with Gasteiger partial charge in [-0.1, -0.05) is 30.3 Å². The summed E-state index contributed by atoms with van der Waals surface area (Å²) < 4.78 is 5.16. The number of Topliss-reactive ketones (excluding diaryl/α,β-unsaturated/α-hetero) is 1. The van der Waals surface area contributed by atoms with Crippen LogP contribution >= 0.6 is 0 Å². The number of carbonyl (C=O) groups excluding carboxylic acids is 2. The molecule has 6 nitrogen and oxygen atoms in total. The molecule has 0 aliphatic carbocycles. The number of amides is 1. The highest BCUT2D eigenvalue weighted by Crippen LogP contribution is 2.09. The monoisotopic (exact) mass is 303 g/mol. The van der Waals surface area contributed by atoms with Crippen LogP contribution in [0.5, 0.6) is 0 Å². The first-order chi connectivity index (χ1) is 10.2. The molecule has 0 unspecified atom stereocenters. The predicted octanol–water partition coefficient (Wildman–Crippen LogP) is 2.38. The van der Waals surface area contributed by atoms with E-state index in [-0.39, 0.29) is 12.1 Å². The second kappa shape index (κ2) is 7.52. The standard InChI is InChI=1S/C16H21N3O3/c1-11(19-17)14(20)13(10-12-8-6-5-7-9-12)18-15(21)22-16(2,3)4/h5-9,13H,10H2,1-4H3,(H,18,21)/t13-/m0/s1. The molecule has 0 saturated carbocycles.